The molecular weight excluding hydrogens is 276 g/mol. The van der Waals surface area contributed by atoms with Crippen LogP contribution in [0.3, 0.4) is 0 Å². The van der Waals surface area contributed by atoms with Crippen molar-refractivity contribution < 1.29 is 10.0 Å². The Labute approximate surface area is 120 Å². The van der Waals surface area contributed by atoms with E-state index in [1.165, 1.54) is 11.3 Å². The lowest BCUT2D eigenvalue weighted by Gasteiger charge is -2.09. The van der Waals surface area contributed by atoms with Crippen molar-refractivity contribution in [3.8, 4) is 0 Å². The number of benzene rings is 1. The lowest BCUT2D eigenvalue weighted by Crippen LogP contribution is -2.16. The van der Waals surface area contributed by atoms with Gasteiger partial charge in [0, 0.05) is 11.3 Å². The molecule has 2 aromatic rings. The largest absolute Gasteiger partial charge is 0.409 e. The molecule has 1 aromatic carbocycles. The summed E-state index contributed by atoms with van der Waals surface area (Å²) in [7, 11) is 0. The van der Waals surface area contributed by atoms with Gasteiger partial charge in [-0.3, -0.25) is 4.79 Å². The first-order valence-corrected chi connectivity index (χ1v) is 6.71. The van der Waals surface area contributed by atoms with Gasteiger partial charge in [0.25, 0.3) is 5.91 Å². The maximum Gasteiger partial charge on any atom is 0.267 e. The van der Waals surface area contributed by atoms with Gasteiger partial charge in [0.2, 0.25) is 0 Å². The molecule has 1 amide bonds. The van der Waals surface area contributed by atoms with Crippen LogP contribution in [-0.4, -0.2) is 21.9 Å². The Bertz CT molecular complexity index is 679. The number of oxime groups is 1. The second-order valence-corrected chi connectivity index (χ2v) is 5.09. The van der Waals surface area contributed by atoms with Crippen molar-refractivity contribution in [2.45, 2.75) is 13.8 Å². The van der Waals surface area contributed by atoms with Gasteiger partial charge in [0.15, 0.2) is 5.84 Å². The Hall–Kier alpha value is -2.41. The van der Waals surface area contributed by atoms with Gasteiger partial charge >= 0.3 is 0 Å². The van der Waals surface area contributed by atoms with E-state index in [-0.39, 0.29) is 11.7 Å². The van der Waals surface area contributed by atoms with Gasteiger partial charge < -0.3 is 16.3 Å². The zero-order chi connectivity index (χ0) is 14.7. The number of amides is 1. The number of anilines is 1. The number of nitrogens with zero attached hydrogens (tertiary/aromatic N) is 2. The zero-order valence-electron chi connectivity index (χ0n) is 11.0. The Balaban J connectivity index is 2.29. The molecule has 0 radical (unpaired) electrons. The van der Waals surface area contributed by atoms with Gasteiger partial charge in [-0.05, 0) is 25.5 Å². The molecule has 104 valence electrons. The highest BCUT2D eigenvalue weighted by Crippen LogP contribution is 2.20. The summed E-state index contributed by atoms with van der Waals surface area (Å²) < 4.78 is 0. The van der Waals surface area contributed by atoms with Crippen LogP contribution in [0, 0.1) is 13.8 Å². The molecular formula is C13H14N4O2S. The number of thiazole rings is 1. The Morgan fingerprint density at radius 1 is 1.45 bits per heavy atom. The summed E-state index contributed by atoms with van der Waals surface area (Å²) in [5.74, 6) is -0.223. The molecule has 20 heavy (non-hydrogen) atoms. The number of aryl methyl sites for hydroxylation is 2. The van der Waals surface area contributed by atoms with Crippen LogP contribution in [0.2, 0.25) is 0 Å². The van der Waals surface area contributed by atoms with E-state index in [1.807, 2.05) is 6.92 Å². The van der Waals surface area contributed by atoms with Crippen molar-refractivity contribution in [2.24, 2.45) is 10.9 Å². The molecule has 0 aliphatic rings. The summed E-state index contributed by atoms with van der Waals surface area (Å²) in [6.45, 7) is 3.65. The molecule has 1 heterocycles. The highest BCUT2D eigenvalue weighted by Gasteiger charge is 2.13. The summed E-state index contributed by atoms with van der Waals surface area (Å²) in [5, 5.41) is 14.4. The monoisotopic (exact) mass is 290 g/mol. The number of hydrogen-bond acceptors (Lipinski definition) is 5. The lowest BCUT2D eigenvalue weighted by atomic mass is 10.1. The molecule has 0 bridgehead atoms. The lowest BCUT2D eigenvalue weighted by molar-refractivity contribution is 0.102. The van der Waals surface area contributed by atoms with Crippen molar-refractivity contribution in [1.82, 2.24) is 4.98 Å². The summed E-state index contributed by atoms with van der Waals surface area (Å²) in [4.78, 5) is 16.8. The average Bonchev–Trinajstić information content (AvgIpc) is 2.86. The molecule has 4 N–H and O–H groups in total. The Kier molecular flexibility index (Phi) is 3.99. The van der Waals surface area contributed by atoms with E-state index in [9.17, 15) is 4.79 Å². The fourth-order valence-electron chi connectivity index (χ4n) is 1.67. The third kappa shape index (κ3) is 2.77. The molecule has 0 spiro atoms. The number of hydrogen-bond donors (Lipinski definition) is 3. The summed E-state index contributed by atoms with van der Waals surface area (Å²) in [5.41, 5.74) is 9.90. The van der Waals surface area contributed by atoms with Gasteiger partial charge in [-0.25, -0.2) is 4.98 Å². The maximum atomic E-state index is 12.1. The number of aromatic nitrogens is 1. The van der Waals surface area contributed by atoms with Crippen LogP contribution >= 0.6 is 11.3 Å². The maximum absolute atomic E-state index is 12.1. The minimum atomic E-state index is -0.218. The van der Waals surface area contributed by atoms with Crippen molar-refractivity contribution >= 4 is 28.8 Å². The smallest absolute Gasteiger partial charge is 0.267 e. The highest BCUT2D eigenvalue weighted by molar-refractivity contribution is 7.12. The highest BCUT2D eigenvalue weighted by atomic mass is 32.1. The zero-order valence-corrected chi connectivity index (χ0v) is 11.9. The number of nitrogens with one attached hydrogen (secondary N) is 1. The topological polar surface area (TPSA) is 101 Å². The van der Waals surface area contributed by atoms with Crippen LogP contribution in [0.5, 0.6) is 0 Å². The average molecular weight is 290 g/mol. The molecule has 0 aliphatic carbocycles. The van der Waals surface area contributed by atoms with Gasteiger partial charge in [-0.1, -0.05) is 17.3 Å². The predicted octanol–water partition coefficient (Wildman–Crippen LogP) is 2.11. The molecule has 7 heteroatoms. The van der Waals surface area contributed by atoms with Crippen LogP contribution < -0.4 is 11.1 Å². The third-order valence-corrected chi connectivity index (χ3v) is 3.77. The minimum Gasteiger partial charge on any atom is -0.409 e. The van der Waals surface area contributed by atoms with Crippen molar-refractivity contribution in [3.63, 3.8) is 0 Å². The molecule has 1 aromatic heterocycles. The van der Waals surface area contributed by atoms with Crippen molar-refractivity contribution in [2.75, 3.05) is 5.32 Å². The molecule has 0 saturated carbocycles. The van der Waals surface area contributed by atoms with E-state index in [0.29, 0.717) is 21.8 Å². The standard InChI is InChI=1S/C13H14N4O2S/c1-7-3-4-9(12(14)17-19)5-10(7)16-13(18)11-8(2)15-6-20-11/h3-6,19H,1-2H3,(H2,14,17)(H,16,18). The van der Waals surface area contributed by atoms with E-state index in [2.05, 4.69) is 15.5 Å². The van der Waals surface area contributed by atoms with Crippen LogP contribution in [0.4, 0.5) is 5.69 Å². The molecule has 0 aliphatic heterocycles. The Morgan fingerprint density at radius 2 is 2.20 bits per heavy atom. The van der Waals surface area contributed by atoms with Gasteiger partial charge in [-0.2, -0.15) is 0 Å². The first kappa shape index (κ1) is 14.0. The molecule has 0 saturated heterocycles. The van der Waals surface area contributed by atoms with Crippen LogP contribution in [0.15, 0.2) is 28.9 Å². The van der Waals surface area contributed by atoms with Crippen LogP contribution in [0.1, 0.15) is 26.5 Å². The first-order chi connectivity index (χ1) is 9.52. The van der Waals surface area contributed by atoms with Crippen LogP contribution in [0.25, 0.3) is 0 Å². The third-order valence-electron chi connectivity index (χ3n) is 2.84. The van der Waals surface area contributed by atoms with Crippen molar-refractivity contribution in [3.05, 3.63) is 45.4 Å². The number of nitrogens with two attached hydrogens (primary N) is 1. The predicted molar refractivity (Wildman–Crippen MR) is 78.5 cm³/mol. The van der Waals surface area contributed by atoms with E-state index in [4.69, 9.17) is 10.9 Å². The van der Waals surface area contributed by atoms with E-state index >= 15 is 0 Å². The fraction of sp³-hybridized carbons (Fsp3) is 0.154. The molecule has 2 rings (SSSR count). The van der Waals surface area contributed by atoms with E-state index in [0.717, 1.165) is 5.56 Å². The SMILES string of the molecule is Cc1ccc(C(N)=NO)cc1NC(=O)c1scnc1C. The van der Waals surface area contributed by atoms with E-state index < -0.39 is 0 Å². The van der Waals surface area contributed by atoms with Gasteiger partial charge in [0.1, 0.15) is 4.88 Å². The normalized spacial score (nSPS) is 11.4. The van der Waals surface area contributed by atoms with Gasteiger partial charge in [0.05, 0.1) is 11.2 Å². The summed E-state index contributed by atoms with van der Waals surface area (Å²) in [6.07, 6.45) is 0. The van der Waals surface area contributed by atoms with E-state index in [1.54, 1.807) is 30.6 Å². The number of rotatable bonds is 3. The summed E-state index contributed by atoms with van der Waals surface area (Å²) >= 11 is 1.29. The van der Waals surface area contributed by atoms with Crippen LogP contribution in [-0.2, 0) is 0 Å². The number of carbonyl (C=O) groups excluding carboxylic acids is 1. The quantitative estimate of drug-likeness (QED) is 0.349. The van der Waals surface area contributed by atoms with Crippen molar-refractivity contribution in [1.29, 1.82) is 0 Å². The molecule has 0 unspecified atom stereocenters. The minimum absolute atomic E-state index is 0.00512. The molecule has 6 nitrogen and oxygen atoms in total. The number of amidine groups is 1. The summed E-state index contributed by atoms with van der Waals surface area (Å²) in [6, 6.07) is 5.18. The second kappa shape index (κ2) is 5.70. The van der Waals surface area contributed by atoms with Gasteiger partial charge in [-0.15, -0.1) is 11.3 Å². The first-order valence-electron chi connectivity index (χ1n) is 5.83. The Morgan fingerprint density at radius 3 is 2.80 bits per heavy atom. The fourth-order valence-corrected chi connectivity index (χ4v) is 2.37. The molecule has 0 atom stereocenters. The second-order valence-electron chi connectivity index (χ2n) is 4.24. The number of carbonyl (C=O) groups is 1. The molecule has 0 fully saturated rings.